The average molecular weight is 448 g/mol. The number of carbonyl (C=O) groups excluding carboxylic acids is 2. The first-order valence-electron chi connectivity index (χ1n) is 9.89. The van der Waals surface area contributed by atoms with Crippen LogP contribution in [0.2, 0.25) is 0 Å². The lowest BCUT2D eigenvalue weighted by Gasteiger charge is -2.28. The van der Waals surface area contributed by atoms with Gasteiger partial charge < -0.3 is 14.4 Å². The molecular weight excluding hydrogens is 418 g/mol. The molecule has 0 radical (unpaired) electrons. The number of benzene rings is 1. The summed E-state index contributed by atoms with van der Waals surface area (Å²) in [6.07, 6.45) is 4.76. The summed E-state index contributed by atoms with van der Waals surface area (Å²) < 4.78 is 2.96. The van der Waals surface area contributed by atoms with Crippen LogP contribution in [0.25, 0.3) is 0 Å². The van der Waals surface area contributed by atoms with E-state index in [1.807, 2.05) is 53.9 Å². The molecule has 5 nitrogen and oxygen atoms in total. The predicted octanol–water partition coefficient (Wildman–Crippen LogP) is 4.47. The minimum Gasteiger partial charge on any atom is -0.353 e. The molecule has 6 heteroatoms. The second kappa shape index (κ2) is 11.1. The molecule has 1 aromatic heterocycles. The Morgan fingerprint density at radius 3 is 2.29 bits per heavy atom. The molecule has 0 aliphatic heterocycles. The van der Waals surface area contributed by atoms with Gasteiger partial charge in [0.2, 0.25) is 5.91 Å². The molecule has 0 spiro atoms. The number of carbonyl (C=O) groups is 2. The quantitative estimate of drug-likeness (QED) is 0.539. The van der Waals surface area contributed by atoms with E-state index >= 15 is 0 Å². The fraction of sp³-hybridized carbons (Fsp3) is 0.455. The highest BCUT2D eigenvalue weighted by Gasteiger charge is 2.22. The number of amides is 2. The van der Waals surface area contributed by atoms with Gasteiger partial charge in [0.1, 0.15) is 6.54 Å². The van der Waals surface area contributed by atoms with Gasteiger partial charge >= 0.3 is 0 Å². The second-order valence-electron chi connectivity index (χ2n) is 7.01. The number of rotatable bonds is 10. The summed E-state index contributed by atoms with van der Waals surface area (Å²) in [6.45, 7) is 6.07. The maximum atomic E-state index is 13.1. The summed E-state index contributed by atoms with van der Waals surface area (Å²) in [6, 6.07) is 11.3. The van der Waals surface area contributed by atoms with Crippen molar-refractivity contribution in [1.82, 2.24) is 14.4 Å². The summed E-state index contributed by atoms with van der Waals surface area (Å²) in [7, 11) is 1.98. The third-order valence-corrected chi connectivity index (χ3v) is 5.27. The van der Waals surface area contributed by atoms with Gasteiger partial charge in [-0.15, -0.1) is 0 Å². The van der Waals surface area contributed by atoms with E-state index in [0.29, 0.717) is 25.2 Å². The van der Waals surface area contributed by atoms with Gasteiger partial charge in [-0.1, -0.05) is 36.2 Å². The molecule has 152 valence electrons. The second-order valence-corrected chi connectivity index (χ2v) is 7.93. The molecular formula is C22H30BrN3O2. The Labute approximate surface area is 176 Å². The molecule has 0 saturated carbocycles. The van der Waals surface area contributed by atoms with Crippen LogP contribution in [-0.2, 0) is 18.4 Å². The molecule has 0 aliphatic rings. The molecule has 0 aliphatic carbocycles. The van der Waals surface area contributed by atoms with Crippen molar-refractivity contribution >= 4 is 27.7 Å². The molecule has 1 aromatic carbocycles. The average Bonchev–Trinajstić information content (AvgIpc) is 3.09. The van der Waals surface area contributed by atoms with Crippen molar-refractivity contribution in [2.75, 3.05) is 19.6 Å². The van der Waals surface area contributed by atoms with Gasteiger partial charge in [0.05, 0.1) is 6.54 Å². The zero-order valence-corrected chi connectivity index (χ0v) is 18.6. The maximum absolute atomic E-state index is 13.1. The standard InChI is InChI=1S/C22H30BrN3O2/c1-4-6-15-25(16-20-8-7-14-24(20)3)21(27)17-26(13-5-2)22(28)18-9-11-19(23)12-10-18/h7-12,14H,4-6,13,15-17H2,1-3H3. The van der Waals surface area contributed by atoms with Crippen LogP contribution in [0.4, 0.5) is 0 Å². The molecule has 1 heterocycles. The first-order chi connectivity index (χ1) is 13.5. The van der Waals surface area contributed by atoms with Crippen LogP contribution in [0.15, 0.2) is 47.1 Å². The molecule has 0 saturated heterocycles. The lowest BCUT2D eigenvalue weighted by Crippen LogP contribution is -2.43. The van der Waals surface area contributed by atoms with Crippen LogP contribution < -0.4 is 0 Å². The smallest absolute Gasteiger partial charge is 0.254 e. The molecule has 2 aromatic rings. The van der Waals surface area contributed by atoms with Crippen molar-refractivity contribution in [3.8, 4) is 0 Å². The first-order valence-corrected chi connectivity index (χ1v) is 10.7. The van der Waals surface area contributed by atoms with Crippen LogP contribution in [0, 0.1) is 0 Å². The molecule has 0 bridgehead atoms. The van der Waals surface area contributed by atoms with Gasteiger partial charge in [-0.2, -0.15) is 0 Å². The minimum atomic E-state index is -0.1000. The number of nitrogens with zero attached hydrogens (tertiary/aromatic N) is 3. The van der Waals surface area contributed by atoms with Crippen molar-refractivity contribution < 1.29 is 9.59 Å². The monoisotopic (exact) mass is 447 g/mol. The van der Waals surface area contributed by atoms with E-state index in [4.69, 9.17) is 0 Å². The number of unbranched alkanes of at least 4 members (excludes halogenated alkanes) is 1. The highest BCUT2D eigenvalue weighted by atomic mass is 79.9. The van der Waals surface area contributed by atoms with Crippen molar-refractivity contribution in [3.63, 3.8) is 0 Å². The topological polar surface area (TPSA) is 45.6 Å². The van der Waals surface area contributed by atoms with Gasteiger partial charge in [-0.3, -0.25) is 9.59 Å². The van der Waals surface area contributed by atoms with Crippen molar-refractivity contribution in [2.45, 2.75) is 39.7 Å². The summed E-state index contributed by atoms with van der Waals surface area (Å²) in [4.78, 5) is 29.5. The SMILES string of the molecule is CCCCN(Cc1cccn1C)C(=O)CN(CCC)C(=O)c1ccc(Br)cc1. The Morgan fingerprint density at radius 2 is 1.71 bits per heavy atom. The van der Waals surface area contributed by atoms with E-state index in [1.54, 1.807) is 17.0 Å². The van der Waals surface area contributed by atoms with Crippen molar-refractivity contribution in [2.24, 2.45) is 7.05 Å². The Morgan fingerprint density at radius 1 is 1.00 bits per heavy atom. The number of aryl methyl sites for hydroxylation is 1. The van der Waals surface area contributed by atoms with E-state index in [1.165, 1.54) is 0 Å². The van der Waals surface area contributed by atoms with E-state index in [2.05, 4.69) is 22.9 Å². The van der Waals surface area contributed by atoms with Crippen LogP contribution in [0.3, 0.4) is 0 Å². The van der Waals surface area contributed by atoms with Crippen molar-refractivity contribution in [3.05, 3.63) is 58.3 Å². The first kappa shape index (κ1) is 22.2. The third-order valence-electron chi connectivity index (χ3n) is 4.74. The van der Waals surface area contributed by atoms with Gasteiger partial charge in [-0.25, -0.2) is 0 Å². The van der Waals surface area contributed by atoms with E-state index in [9.17, 15) is 9.59 Å². The maximum Gasteiger partial charge on any atom is 0.254 e. The number of hydrogen-bond acceptors (Lipinski definition) is 2. The lowest BCUT2D eigenvalue weighted by atomic mass is 10.2. The fourth-order valence-corrected chi connectivity index (χ4v) is 3.32. The summed E-state index contributed by atoms with van der Waals surface area (Å²) >= 11 is 3.39. The summed E-state index contributed by atoms with van der Waals surface area (Å²) in [5.41, 5.74) is 1.69. The molecule has 2 rings (SSSR count). The Kier molecular flexibility index (Phi) is 8.77. The van der Waals surface area contributed by atoms with Crippen LogP contribution in [0.5, 0.6) is 0 Å². The third kappa shape index (κ3) is 6.23. The number of aromatic nitrogens is 1. The highest BCUT2D eigenvalue weighted by Crippen LogP contribution is 2.14. The Hall–Kier alpha value is -2.08. The van der Waals surface area contributed by atoms with E-state index in [0.717, 1.165) is 29.4 Å². The van der Waals surface area contributed by atoms with Gasteiger partial charge in [0.15, 0.2) is 0 Å². The Bertz CT molecular complexity index is 770. The molecule has 0 unspecified atom stereocenters. The fourth-order valence-electron chi connectivity index (χ4n) is 3.06. The molecule has 2 amide bonds. The highest BCUT2D eigenvalue weighted by molar-refractivity contribution is 9.10. The summed E-state index contributed by atoms with van der Waals surface area (Å²) in [5.74, 6) is -0.106. The number of halogens is 1. The normalized spacial score (nSPS) is 10.7. The van der Waals surface area contributed by atoms with Gasteiger partial charge in [-0.05, 0) is 49.2 Å². The van der Waals surface area contributed by atoms with E-state index < -0.39 is 0 Å². The van der Waals surface area contributed by atoms with E-state index in [-0.39, 0.29) is 18.4 Å². The molecule has 0 N–H and O–H groups in total. The predicted molar refractivity (Wildman–Crippen MR) is 116 cm³/mol. The summed E-state index contributed by atoms with van der Waals surface area (Å²) in [5, 5.41) is 0. The van der Waals surface area contributed by atoms with Crippen LogP contribution in [0.1, 0.15) is 49.2 Å². The Balaban J connectivity index is 2.12. The van der Waals surface area contributed by atoms with Crippen LogP contribution in [-0.4, -0.2) is 45.8 Å². The zero-order valence-electron chi connectivity index (χ0n) is 17.0. The molecule has 0 fully saturated rings. The lowest BCUT2D eigenvalue weighted by molar-refractivity contribution is -0.132. The van der Waals surface area contributed by atoms with Gasteiger partial charge in [0.25, 0.3) is 5.91 Å². The largest absolute Gasteiger partial charge is 0.353 e. The minimum absolute atomic E-state index is 0.00596. The van der Waals surface area contributed by atoms with Crippen molar-refractivity contribution in [1.29, 1.82) is 0 Å². The number of hydrogen-bond donors (Lipinski definition) is 0. The van der Waals surface area contributed by atoms with Gasteiger partial charge in [0, 0.05) is 42.1 Å². The van der Waals surface area contributed by atoms with Crippen LogP contribution >= 0.6 is 15.9 Å². The molecule has 0 atom stereocenters. The zero-order chi connectivity index (χ0) is 20.5. The molecule has 28 heavy (non-hydrogen) atoms.